The topological polar surface area (TPSA) is 135 Å². The summed E-state index contributed by atoms with van der Waals surface area (Å²) in [5, 5.41) is 8.11. The van der Waals surface area contributed by atoms with E-state index in [0.717, 1.165) is 11.1 Å². The molecule has 12 heteroatoms. The number of pyridine rings is 1. The van der Waals surface area contributed by atoms with Crippen molar-refractivity contribution in [2.24, 2.45) is 5.73 Å². The molecular formula is C34H34F3N5O4. The molecule has 3 aromatic carbocycles. The van der Waals surface area contributed by atoms with E-state index in [2.05, 4.69) is 20.9 Å². The number of carbonyl (C=O) groups excluding carboxylic acids is 3. The molecule has 0 radical (unpaired) electrons. The molecule has 46 heavy (non-hydrogen) atoms. The van der Waals surface area contributed by atoms with E-state index in [-0.39, 0.29) is 25.5 Å². The second kappa shape index (κ2) is 16.2. The molecular weight excluding hydrogens is 599 g/mol. The number of aromatic nitrogens is 1. The Bertz CT molecular complexity index is 1640. The predicted molar refractivity (Wildman–Crippen MR) is 165 cm³/mol. The summed E-state index contributed by atoms with van der Waals surface area (Å²) >= 11 is 0. The van der Waals surface area contributed by atoms with Crippen LogP contribution in [0.3, 0.4) is 0 Å². The molecule has 0 fully saturated rings. The summed E-state index contributed by atoms with van der Waals surface area (Å²) in [6, 6.07) is 23.5. The Hall–Kier alpha value is -5.23. The van der Waals surface area contributed by atoms with Crippen LogP contribution in [0.1, 0.15) is 51.4 Å². The van der Waals surface area contributed by atoms with E-state index in [1.165, 1.54) is 0 Å². The van der Waals surface area contributed by atoms with Crippen molar-refractivity contribution in [2.75, 3.05) is 19.7 Å². The van der Waals surface area contributed by atoms with Gasteiger partial charge in [0.1, 0.15) is 5.75 Å². The van der Waals surface area contributed by atoms with Crippen LogP contribution in [0.15, 0.2) is 84.9 Å². The Labute approximate surface area is 264 Å². The van der Waals surface area contributed by atoms with E-state index in [1.807, 2.05) is 37.3 Å². The van der Waals surface area contributed by atoms with Gasteiger partial charge in [0.2, 0.25) is 17.8 Å². The SMILES string of the molecule is CCOc1ccc([C@@H](CNC(=O)c2cc(F)nc(F)c2F)C(=O)NC[C@H](C(=O)NCc2ccc(CN)cc2)c2ccccc2)cc1. The minimum atomic E-state index is -1.76. The molecule has 240 valence electrons. The molecule has 0 saturated heterocycles. The molecule has 0 spiro atoms. The van der Waals surface area contributed by atoms with Gasteiger partial charge in [-0.15, -0.1) is 0 Å². The second-order valence-corrected chi connectivity index (χ2v) is 10.3. The van der Waals surface area contributed by atoms with Crippen LogP contribution in [0.2, 0.25) is 0 Å². The van der Waals surface area contributed by atoms with Crippen molar-refractivity contribution in [1.82, 2.24) is 20.9 Å². The van der Waals surface area contributed by atoms with Gasteiger partial charge in [-0.2, -0.15) is 13.8 Å². The molecule has 0 bridgehead atoms. The highest BCUT2D eigenvalue weighted by Gasteiger charge is 2.27. The molecule has 0 aliphatic heterocycles. The summed E-state index contributed by atoms with van der Waals surface area (Å²) in [6.45, 7) is 2.46. The van der Waals surface area contributed by atoms with Crippen LogP contribution < -0.4 is 26.4 Å². The summed E-state index contributed by atoms with van der Waals surface area (Å²) < 4.78 is 46.9. The zero-order valence-electron chi connectivity index (χ0n) is 25.1. The third kappa shape index (κ3) is 8.91. The summed E-state index contributed by atoms with van der Waals surface area (Å²) in [7, 11) is 0. The number of ether oxygens (including phenoxy) is 1. The third-order valence-corrected chi connectivity index (χ3v) is 7.23. The number of nitrogens with one attached hydrogen (secondary N) is 3. The first-order valence-electron chi connectivity index (χ1n) is 14.6. The first kappa shape index (κ1) is 33.7. The fourth-order valence-corrected chi connectivity index (χ4v) is 4.73. The normalized spacial score (nSPS) is 12.1. The second-order valence-electron chi connectivity index (χ2n) is 10.3. The van der Waals surface area contributed by atoms with Crippen LogP contribution >= 0.6 is 0 Å². The summed E-state index contributed by atoms with van der Waals surface area (Å²) in [5.41, 5.74) is 7.74. The average Bonchev–Trinajstić information content (AvgIpc) is 3.07. The molecule has 4 rings (SSSR count). The molecule has 3 amide bonds. The standard InChI is InChI=1S/C34H34F3N5O4/c1-2-46-25-14-12-24(13-15-25)28(20-40-32(43)26-16-29(35)42-31(37)30(26)36)34(45)41-19-27(23-6-4-3-5-7-23)33(44)39-18-22-10-8-21(17-38)9-11-22/h3-16,27-28H,2,17-20,38H2,1H3,(H,39,44)(H,40,43)(H,41,45)/t27-,28+/m0/s1. The van der Waals surface area contributed by atoms with E-state index in [9.17, 15) is 27.6 Å². The number of carbonyl (C=O) groups is 3. The van der Waals surface area contributed by atoms with Crippen LogP contribution in [-0.4, -0.2) is 42.4 Å². The monoisotopic (exact) mass is 633 g/mol. The number of benzene rings is 3. The predicted octanol–water partition coefficient (Wildman–Crippen LogP) is 4.09. The maximum Gasteiger partial charge on any atom is 0.254 e. The van der Waals surface area contributed by atoms with E-state index in [4.69, 9.17) is 10.5 Å². The molecule has 5 N–H and O–H groups in total. The molecule has 4 aromatic rings. The van der Waals surface area contributed by atoms with Crippen molar-refractivity contribution in [3.63, 3.8) is 0 Å². The Kier molecular flexibility index (Phi) is 11.8. The smallest absolute Gasteiger partial charge is 0.254 e. The van der Waals surface area contributed by atoms with E-state index in [1.54, 1.807) is 48.5 Å². The van der Waals surface area contributed by atoms with Gasteiger partial charge in [0, 0.05) is 32.2 Å². The molecule has 2 atom stereocenters. The van der Waals surface area contributed by atoms with Crippen molar-refractivity contribution in [3.05, 3.63) is 130 Å². The van der Waals surface area contributed by atoms with Gasteiger partial charge >= 0.3 is 0 Å². The lowest BCUT2D eigenvalue weighted by Gasteiger charge is -2.22. The lowest BCUT2D eigenvalue weighted by Crippen LogP contribution is -2.41. The highest BCUT2D eigenvalue weighted by molar-refractivity contribution is 5.95. The minimum absolute atomic E-state index is 0.0856. The van der Waals surface area contributed by atoms with Crippen molar-refractivity contribution in [3.8, 4) is 5.75 Å². The quantitative estimate of drug-likeness (QED) is 0.155. The number of rotatable bonds is 14. The zero-order valence-corrected chi connectivity index (χ0v) is 25.1. The van der Waals surface area contributed by atoms with E-state index >= 15 is 0 Å². The van der Waals surface area contributed by atoms with Crippen molar-refractivity contribution < 1.29 is 32.3 Å². The number of nitrogens with two attached hydrogens (primary N) is 1. The van der Waals surface area contributed by atoms with Gasteiger partial charge in [-0.25, -0.2) is 4.39 Å². The molecule has 0 aliphatic rings. The number of amides is 3. The Morgan fingerprint density at radius 1 is 0.783 bits per heavy atom. The van der Waals surface area contributed by atoms with Gasteiger partial charge in [-0.05, 0) is 41.3 Å². The van der Waals surface area contributed by atoms with Gasteiger partial charge in [0.15, 0.2) is 5.82 Å². The lowest BCUT2D eigenvalue weighted by atomic mass is 9.95. The fourth-order valence-electron chi connectivity index (χ4n) is 4.73. The molecule has 9 nitrogen and oxygen atoms in total. The highest BCUT2D eigenvalue weighted by Crippen LogP contribution is 2.22. The third-order valence-electron chi connectivity index (χ3n) is 7.23. The van der Waals surface area contributed by atoms with E-state index in [0.29, 0.717) is 36.1 Å². The van der Waals surface area contributed by atoms with Crippen molar-refractivity contribution in [1.29, 1.82) is 0 Å². The highest BCUT2D eigenvalue weighted by atomic mass is 19.2. The van der Waals surface area contributed by atoms with Crippen molar-refractivity contribution >= 4 is 17.7 Å². The first-order chi connectivity index (χ1) is 22.2. The molecule has 1 heterocycles. The summed E-state index contributed by atoms with van der Waals surface area (Å²) in [4.78, 5) is 42.5. The van der Waals surface area contributed by atoms with Crippen LogP contribution in [0.5, 0.6) is 5.75 Å². The maximum absolute atomic E-state index is 14.2. The first-order valence-corrected chi connectivity index (χ1v) is 14.6. The molecule has 0 saturated carbocycles. The maximum atomic E-state index is 14.2. The Balaban J connectivity index is 1.51. The van der Waals surface area contributed by atoms with Crippen LogP contribution in [0.25, 0.3) is 0 Å². The fraction of sp³-hybridized carbons (Fsp3) is 0.235. The minimum Gasteiger partial charge on any atom is -0.494 e. The number of halogens is 3. The Morgan fingerprint density at radius 3 is 2.00 bits per heavy atom. The zero-order chi connectivity index (χ0) is 33.1. The van der Waals surface area contributed by atoms with Crippen molar-refractivity contribution in [2.45, 2.75) is 31.8 Å². The van der Waals surface area contributed by atoms with Crippen LogP contribution in [-0.2, 0) is 22.7 Å². The number of nitrogens with zero attached hydrogens (tertiary/aromatic N) is 1. The number of hydrogen-bond acceptors (Lipinski definition) is 6. The largest absolute Gasteiger partial charge is 0.494 e. The van der Waals surface area contributed by atoms with Gasteiger partial charge in [-0.3, -0.25) is 14.4 Å². The van der Waals surface area contributed by atoms with Gasteiger partial charge < -0.3 is 26.4 Å². The lowest BCUT2D eigenvalue weighted by molar-refractivity contribution is -0.124. The Morgan fingerprint density at radius 2 is 1.37 bits per heavy atom. The molecule has 0 unspecified atom stereocenters. The van der Waals surface area contributed by atoms with E-state index < -0.39 is 46.9 Å². The van der Waals surface area contributed by atoms with Gasteiger partial charge in [0.05, 0.1) is 24.0 Å². The molecule has 0 aliphatic carbocycles. The van der Waals surface area contributed by atoms with Crippen LogP contribution in [0.4, 0.5) is 13.2 Å². The summed E-state index contributed by atoms with van der Waals surface area (Å²) in [6.07, 6.45) is 0. The van der Waals surface area contributed by atoms with Gasteiger partial charge in [-0.1, -0.05) is 66.7 Å². The van der Waals surface area contributed by atoms with Crippen LogP contribution in [0, 0.1) is 17.7 Å². The average molecular weight is 634 g/mol. The van der Waals surface area contributed by atoms with Gasteiger partial charge in [0.25, 0.3) is 11.9 Å². The molecule has 1 aromatic heterocycles. The number of hydrogen-bond donors (Lipinski definition) is 4. The summed E-state index contributed by atoms with van der Waals surface area (Å²) in [5.74, 6) is -8.00.